The van der Waals surface area contributed by atoms with Gasteiger partial charge in [-0.15, -0.1) is 0 Å². The highest BCUT2D eigenvalue weighted by atomic mass is 35.5. The molecule has 2 amide bonds. The van der Waals surface area contributed by atoms with Crippen molar-refractivity contribution in [2.24, 2.45) is 0 Å². The minimum atomic E-state index is -4.09. The Morgan fingerprint density at radius 3 is 2.67 bits per heavy atom. The number of nitrogens with zero attached hydrogens (tertiary/aromatic N) is 1. The highest BCUT2D eigenvalue weighted by Crippen LogP contribution is 2.25. The van der Waals surface area contributed by atoms with Crippen molar-refractivity contribution >= 4 is 39.0 Å². The van der Waals surface area contributed by atoms with Gasteiger partial charge in [-0.2, -0.15) is 0 Å². The number of anilines is 2. The van der Waals surface area contributed by atoms with Crippen LogP contribution in [0.1, 0.15) is 13.8 Å². The first-order valence-corrected chi connectivity index (χ1v) is 8.94. The van der Waals surface area contributed by atoms with Crippen LogP contribution in [0.2, 0.25) is 5.02 Å². The second-order valence-electron chi connectivity index (χ2n) is 5.24. The van der Waals surface area contributed by atoms with E-state index in [2.05, 4.69) is 15.6 Å². The highest BCUT2D eigenvalue weighted by Gasteiger charge is 2.22. The molecule has 2 rings (SSSR count). The molecule has 0 spiro atoms. The standard InChI is InChI=1S/C15H17ClN4O3S/c1-10(2)18-15(21)20-24(22,23)14-9-17-7-6-13(14)19-12-5-3-4-11(16)8-12/h3-10H,1-2H3,(H,17,19)(H2,18,20,21). The minimum Gasteiger partial charge on any atom is -0.354 e. The molecule has 0 fully saturated rings. The Morgan fingerprint density at radius 1 is 1.25 bits per heavy atom. The molecule has 0 saturated carbocycles. The number of nitrogens with one attached hydrogen (secondary N) is 3. The van der Waals surface area contributed by atoms with E-state index in [0.717, 1.165) is 6.20 Å². The van der Waals surface area contributed by atoms with Crippen LogP contribution in [0.5, 0.6) is 0 Å². The van der Waals surface area contributed by atoms with Crippen molar-refractivity contribution in [1.29, 1.82) is 0 Å². The summed E-state index contributed by atoms with van der Waals surface area (Å²) in [5.74, 6) is 0. The summed E-state index contributed by atoms with van der Waals surface area (Å²) in [6.07, 6.45) is 2.61. The van der Waals surface area contributed by atoms with E-state index in [9.17, 15) is 13.2 Å². The fraction of sp³-hybridized carbons (Fsp3) is 0.200. The molecule has 0 bridgehead atoms. The average Bonchev–Trinajstić information content (AvgIpc) is 2.46. The van der Waals surface area contributed by atoms with E-state index in [1.807, 2.05) is 4.72 Å². The Kier molecular flexibility index (Phi) is 5.63. The summed E-state index contributed by atoms with van der Waals surface area (Å²) in [4.78, 5) is 15.4. The van der Waals surface area contributed by atoms with Gasteiger partial charge in [-0.05, 0) is 38.1 Å². The monoisotopic (exact) mass is 368 g/mol. The molecule has 0 atom stereocenters. The van der Waals surface area contributed by atoms with Gasteiger partial charge >= 0.3 is 6.03 Å². The first-order chi connectivity index (χ1) is 11.3. The van der Waals surface area contributed by atoms with Gasteiger partial charge in [-0.25, -0.2) is 17.9 Å². The Hall–Kier alpha value is -2.32. The van der Waals surface area contributed by atoms with Gasteiger partial charge in [0.25, 0.3) is 10.0 Å². The van der Waals surface area contributed by atoms with Crippen molar-refractivity contribution in [3.63, 3.8) is 0 Å². The molecule has 0 unspecified atom stereocenters. The smallest absolute Gasteiger partial charge is 0.328 e. The lowest BCUT2D eigenvalue weighted by molar-refractivity contribution is 0.243. The lowest BCUT2D eigenvalue weighted by Crippen LogP contribution is -2.42. The van der Waals surface area contributed by atoms with E-state index in [1.165, 1.54) is 12.3 Å². The van der Waals surface area contributed by atoms with Crippen molar-refractivity contribution in [3.8, 4) is 0 Å². The van der Waals surface area contributed by atoms with Crippen molar-refractivity contribution in [1.82, 2.24) is 15.0 Å². The van der Waals surface area contributed by atoms with Gasteiger partial charge in [0.2, 0.25) is 0 Å². The number of amides is 2. The lowest BCUT2D eigenvalue weighted by atomic mass is 10.3. The number of pyridine rings is 1. The Morgan fingerprint density at radius 2 is 2.00 bits per heavy atom. The quantitative estimate of drug-likeness (QED) is 0.753. The maximum absolute atomic E-state index is 12.4. The molecule has 7 nitrogen and oxygen atoms in total. The molecule has 0 aliphatic rings. The summed E-state index contributed by atoms with van der Waals surface area (Å²) in [7, 11) is -4.09. The number of aromatic nitrogens is 1. The molecular formula is C15H17ClN4O3S. The third-order valence-electron chi connectivity index (χ3n) is 2.82. The van der Waals surface area contributed by atoms with Gasteiger partial charge in [0.1, 0.15) is 4.90 Å². The second-order valence-corrected chi connectivity index (χ2v) is 7.33. The molecule has 0 aliphatic carbocycles. The topological polar surface area (TPSA) is 100 Å². The van der Waals surface area contributed by atoms with E-state index < -0.39 is 16.1 Å². The van der Waals surface area contributed by atoms with Crippen LogP contribution in [0.25, 0.3) is 0 Å². The predicted octanol–water partition coefficient (Wildman–Crippen LogP) is 2.87. The van der Waals surface area contributed by atoms with E-state index >= 15 is 0 Å². The maximum atomic E-state index is 12.4. The molecule has 1 aromatic heterocycles. The normalized spacial score (nSPS) is 11.2. The molecule has 0 saturated heterocycles. The summed E-state index contributed by atoms with van der Waals surface area (Å²) in [5, 5.41) is 5.92. The number of hydrogen-bond acceptors (Lipinski definition) is 5. The molecular weight excluding hydrogens is 352 g/mol. The number of carbonyl (C=O) groups is 1. The number of urea groups is 1. The molecule has 0 radical (unpaired) electrons. The molecule has 24 heavy (non-hydrogen) atoms. The van der Waals surface area contributed by atoms with Crippen molar-refractivity contribution in [2.75, 3.05) is 5.32 Å². The van der Waals surface area contributed by atoms with Crippen LogP contribution < -0.4 is 15.4 Å². The van der Waals surface area contributed by atoms with Crippen LogP contribution >= 0.6 is 11.6 Å². The third-order valence-corrected chi connectivity index (χ3v) is 4.42. The number of sulfonamides is 1. The minimum absolute atomic E-state index is 0.149. The van der Waals surface area contributed by atoms with E-state index in [0.29, 0.717) is 10.7 Å². The van der Waals surface area contributed by atoms with Gasteiger partial charge in [-0.3, -0.25) is 4.98 Å². The molecule has 1 heterocycles. The zero-order valence-corrected chi connectivity index (χ0v) is 14.6. The predicted molar refractivity (Wildman–Crippen MR) is 93.0 cm³/mol. The zero-order chi connectivity index (χ0) is 17.7. The number of carbonyl (C=O) groups excluding carboxylic acids is 1. The van der Waals surface area contributed by atoms with Crippen LogP contribution in [0.15, 0.2) is 47.6 Å². The Bertz CT molecular complexity index is 840. The van der Waals surface area contributed by atoms with Crippen molar-refractivity contribution < 1.29 is 13.2 Å². The zero-order valence-electron chi connectivity index (χ0n) is 13.1. The first kappa shape index (κ1) is 18.0. The number of halogens is 1. The van der Waals surface area contributed by atoms with Crippen LogP contribution in [-0.4, -0.2) is 25.5 Å². The summed E-state index contributed by atoms with van der Waals surface area (Å²) in [6.45, 7) is 3.45. The van der Waals surface area contributed by atoms with Gasteiger partial charge in [0.05, 0.1) is 5.69 Å². The summed E-state index contributed by atoms with van der Waals surface area (Å²) in [5.41, 5.74) is 0.883. The van der Waals surface area contributed by atoms with Gasteiger partial charge in [0.15, 0.2) is 0 Å². The van der Waals surface area contributed by atoms with E-state index in [-0.39, 0.29) is 16.6 Å². The fourth-order valence-electron chi connectivity index (χ4n) is 1.89. The lowest BCUT2D eigenvalue weighted by Gasteiger charge is -2.14. The second kappa shape index (κ2) is 7.50. The van der Waals surface area contributed by atoms with Crippen molar-refractivity contribution in [3.05, 3.63) is 47.7 Å². The van der Waals surface area contributed by atoms with E-state index in [1.54, 1.807) is 38.1 Å². The van der Waals surface area contributed by atoms with Gasteiger partial charge in [0, 0.05) is 29.1 Å². The SMILES string of the molecule is CC(C)NC(=O)NS(=O)(=O)c1cnccc1Nc1cccc(Cl)c1. The average molecular weight is 369 g/mol. The first-order valence-electron chi connectivity index (χ1n) is 7.08. The molecule has 9 heteroatoms. The Labute approximate surface area is 145 Å². The molecule has 0 aliphatic heterocycles. The maximum Gasteiger partial charge on any atom is 0.328 e. The number of rotatable bonds is 5. The number of benzene rings is 1. The highest BCUT2D eigenvalue weighted by molar-refractivity contribution is 7.90. The summed E-state index contributed by atoms with van der Waals surface area (Å²) >= 11 is 5.92. The number of hydrogen-bond donors (Lipinski definition) is 3. The fourth-order valence-corrected chi connectivity index (χ4v) is 3.10. The van der Waals surface area contributed by atoms with E-state index in [4.69, 9.17) is 11.6 Å². The molecule has 128 valence electrons. The summed E-state index contributed by atoms with van der Waals surface area (Å²) in [6, 6.07) is 7.32. The van der Waals surface area contributed by atoms with Gasteiger partial charge in [-0.1, -0.05) is 17.7 Å². The van der Waals surface area contributed by atoms with Crippen molar-refractivity contribution in [2.45, 2.75) is 24.8 Å². The van der Waals surface area contributed by atoms with Crippen LogP contribution in [0.3, 0.4) is 0 Å². The van der Waals surface area contributed by atoms with Crippen LogP contribution in [0.4, 0.5) is 16.2 Å². The molecule has 2 aromatic rings. The van der Waals surface area contributed by atoms with Crippen LogP contribution in [-0.2, 0) is 10.0 Å². The summed E-state index contributed by atoms with van der Waals surface area (Å²) < 4.78 is 26.8. The third kappa shape index (κ3) is 4.84. The Balaban J connectivity index is 2.29. The van der Waals surface area contributed by atoms with Gasteiger partial charge < -0.3 is 10.6 Å². The van der Waals surface area contributed by atoms with Crippen LogP contribution in [0, 0.1) is 0 Å². The molecule has 1 aromatic carbocycles. The molecule has 3 N–H and O–H groups in total. The largest absolute Gasteiger partial charge is 0.354 e.